The fourth-order valence-corrected chi connectivity index (χ4v) is 3.17. The van der Waals surface area contributed by atoms with Gasteiger partial charge in [-0.05, 0) is 19.3 Å². The van der Waals surface area contributed by atoms with Gasteiger partial charge in [0.1, 0.15) is 5.54 Å². The number of thiazole rings is 1. The molecule has 5 heteroatoms. The van der Waals surface area contributed by atoms with E-state index in [4.69, 9.17) is 0 Å². The van der Waals surface area contributed by atoms with Crippen molar-refractivity contribution in [2.45, 2.75) is 51.0 Å². The number of anilines is 1. The second kappa shape index (κ2) is 5.04. The maximum Gasteiger partial charge on any atom is 0.329 e. The Bertz CT molecular complexity index is 397. The van der Waals surface area contributed by atoms with E-state index in [1.165, 1.54) is 11.3 Å². The van der Waals surface area contributed by atoms with Gasteiger partial charge in [-0.15, -0.1) is 11.3 Å². The number of carbonyl (C=O) groups is 1. The van der Waals surface area contributed by atoms with Crippen LogP contribution < -0.4 is 5.32 Å². The molecule has 0 spiro atoms. The topological polar surface area (TPSA) is 62.2 Å². The molecule has 94 valence electrons. The highest BCUT2D eigenvalue weighted by Gasteiger charge is 2.40. The molecule has 0 saturated heterocycles. The number of aromatic nitrogens is 1. The molecule has 1 aromatic heterocycles. The van der Waals surface area contributed by atoms with Crippen LogP contribution in [0, 0.1) is 0 Å². The Morgan fingerprint density at radius 1 is 1.53 bits per heavy atom. The number of hydrogen-bond donors (Lipinski definition) is 2. The van der Waals surface area contributed by atoms with Crippen LogP contribution in [-0.4, -0.2) is 21.6 Å². The standard InChI is InChI=1S/C12H18N2O2S/c1-2-9-8-17-11(13-9)14-12(10(15)16)6-4-3-5-7-12/h8H,2-7H2,1H3,(H,13,14)(H,15,16). The molecule has 0 aliphatic heterocycles. The molecule has 0 amide bonds. The summed E-state index contributed by atoms with van der Waals surface area (Å²) in [6.45, 7) is 2.05. The Labute approximate surface area is 105 Å². The van der Waals surface area contributed by atoms with Crippen LogP contribution in [0.15, 0.2) is 5.38 Å². The Morgan fingerprint density at radius 2 is 2.24 bits per heavy atom. The SMILES string of the molecule is CCc1csc(NC2(C(=O)O)CCCCC2)n1. The highest BCUT2D eigenvalue weighted by atomic mass is 32.1. The molecule has 0 unspecified atom stereocenters. The van der Waals surface area contributed by atoms with Crippen molar-refractivity contribution in [2.75, 3.05) is 5.32 Å². The van der Waals surface area contributed by atoms with E-state index in [0.29, 0.717) is 12.8 Å². The van der Waals surface area contributed by atoms with Crippen LogP contribution in [0.25, 0.3) is 0 Å². The summed E-state index contributed by atoms with van der Waals surface area (Å²) in [6.07, 6.45) is 5.37. The van der Waals surface area contributed by atoms with Crippen molar-refractivity contribution in [2.24, 2.45) is 0 Å². The minimum Gasteiger partial charge on any atom is -0.480 e. The predicted molar refractivity (Wildman–Crippen MR) is 68.6 cm³/mol. The van der Waals surface area contributed by atoms with Gasteiger partial charge in [0.05, 0.1) is 5.69 Å². The smallest absolute Gasteiger partial charge is 0.329 e. The number of hydrogen-bond acceptors (Lipinski definition) is 4. The lowest BCUT2D eigenvalue weighted by molar-refractivity contribution is -0.143. The first-order chi connectivity index (χ1) is 8.16. The zero-order valence-corrected chi connectivity index (χ0v) is 10.8. The summed E-state index contributed by atoms with van der Waals surface area (Å²) < 4.78 is 0. The van der Waals surface area contributed by atoms with Crippen LogP contribution in [0.1, 0.15) is 44.7 Å². The normalized spacial score (nSPS) is 18.9. The zero-order chi connectivity index (χ0) is 12.3. The summed E-state index contributed by atoms with van der Waals surface area (Å²) in [4.78, 5) is 15.9. The first kappa shape index (κ1) is 12.4. The Morgan fingerprint density at radius 3 is 2.76 bits per heavy atom. The minimum atomic E-state index is -0.791. The monoisotopic (exact) mass is 254 g/mol. The number of rotatable bonds is 4. The molecule has 0 aromatic carbocycles. The lowest BCUT2D eigenvalue weighted by Crippen LogP contribution is -2.47. The molecule has 0 atom stereocenters. The largest absolute Gasteiger partial charge is 0.480 e. The summed E-state index contributed by atoms with van der Waals surface area (Å²) in [5.41, 5.74) is 0.232. The van der Waals surface area contributed by atoms with Gasteiger partial charge in [0.25, 0.3) is 0 Å². The van der Waals surface area contributed by atoms with E-state index in [1.54, 1.807) is 0 Å². The van der Waals surface area contributed by atoms with Crippen LogP contribution in [0.2, 0.25) is 0 Å². The Balaban J connectivity index is 2.14. The fourth-order valence-electron chi connectivity index (χ4n) is 2.28. The Hall–Kier alpha value is -1.10. The average molecular weight is 254 g/mol. The number of aliphatic carboxylic acids is 1. The molecule has 1 aliphatic rings. The molecule has 1 heterocycles. The third kappa shape index (κ3) is 2.60. The minimum absolute atomic E-state index is 0.698. The number of aryl methyl sites for hydroxylation is 1. The van der Waals surface area contributed by atoms with Gasteiger partial charge in [-0.2, -0.15) is 0 Å². The highest BCUT2D eigenvalue weighted by Crippen LogP contribution is 2.33. The molecule has 1 saturated carbocycles. The molecule has 2 rings (SSSR count). The first-order valence-electron chi connectivity index (χ1n) is 6.12. The van der Waals surface area contributed by atoms with Gasteiger partial charge in [-0.3, -0.25) is 0 Å². The van der Waals surface area contributed by atoms with Gasteiger partial charge < -0.3 is 10.4 Å². The summed E-state index contributed by atoms with van der Waals surface area (Å²) in [5, 5.41) is 15.3. The summed E-state index contributed by atoms with van der Waals surface area (Å²) in [7, 11) is 0. The quantitative estimate of drug-likeness (QED) is 0.867. The molecule has 2 N–H and O–H groups in total. The molecule has 17 heavy (non-hydrogen) atoms. The van der Waals surface area contributed by atoms with Gasteiger partial charge >= 0.3 is 5.97 Å². The van der Waals surface area contributed by atoms with E-state index < -0.39 is 11.5 Å². The molecule has 0 radical (unpaired) electrons. The van der Waals surface area contributed by atoms with Crippen LogP contribution in [0.3, 0.4) is 0 Å². The van der Waals surface area contributed by atoms with Crippen LogP contribution in [-0.2, 0) is 11.2 Å². The van der Waals surface area contributed by atoms with Crippen molar-refractivity contribution in [3.63, 3.8) is 0 Å². The van der Waals surface area contributed by atoms with Crippen molar-refractivity contribution >= 4 is 22.4 Å². The molecule has 1 fully saturated rings. The van der Waals surface area contributed by atoms with Gasteiger partial charge in [0.2, 0.25) is 0 Å². The molecule has 1 aliphatic carbocycles. The van der Waals surface area contributed by atoms with Crippen molar-refractivity contribution in [1.29, 1.82) is 0 Å². The lowest BCUT2D eigenvalue weighted by atomic mass is 9.82. The van der Waals surface area contributed by atoms with E-state index in [-0.39, 0.29) is 0 Å². The number of carboxylic acid groups (broad SMARTS) is 1. The Kier molecular flexibility index (Phi) is 3.66. The van der Waals surface area contributed by atoms with Crippen LogP contribution in [0.4, 0.5) is 5.13 Å². The predicted octanol–water partition coefficient (Wildman–Crippen LogP) is 2.90. The van der Waals surface area contributed by atoms with E-state index >= 15 is 0 Å². The molecule has 4 nitrogen and oxygen atoms in total. The van der Waals surface area contributed by atoms with Crippen molar-refractivity contribution in [3.05, 3.63) is 11.1 Å². The number of nitrogens with zero attached hydrogens (tertiary/aromatic N) is 1. The van der Waals surface area contributed by atoms with E-state index in [9.17, 15) is 9.90 Å². The van der Waals surface area contributed by atoms with Gasteiger partial charge in [-0.25, -0.2) is 9.78 Å². The van der Waals surface area contributed by atoms with Crippen LogP contribution >= 0.6 is 11.3 Å². The third-order valence-corrected chi connectivity index (χ3v) is 4.18. The van der Waals surface area contributed by atoms with Gasteiger partial charge in [0, 0.05) is 5.38 Å². The van der Waals surface area contributed by atoms with E-state index in [1.807, 2.05) is 12.3 Å². The van der Waals surface area contributed by atoms with Crippen molar-refractivity contribution in [3.8, 4) is 0 Å². The average Bonchev–Trinajstić information content (AvgIpc) is 2.77. The fraction of sp³-hybridized carbons (Fsp3) is 0.667. The molecule has 0 bridgehead atoms. The number of nitrogens with one attached hydrogen (secondary N) is 1. The maximum absolute atomic E-state index is 11.5. The first-order valence-corrected chi connectivity index (χ1v) is 7.00. The van der Waals surface area contributed by atoms with Crippen LogP contribution in [0.5, 0.6) is 0 Å². The molecular weight excluding hydrogens is 236 g/mol. The third-order valence-electron chi connectivity index (χ3n) is 3.38. The van der Waals surface area contributed by atoms with Gasteiger partial charge in [0.15, 0.2) is 5.13 Å². The lowest BCUT2D eigenvalue weighted by Gasteiger charge is -2.33. The second-order valence-corrected chi connectivity index (χ2v) is 5.43. The molecular formula is C12H18N2O2S. The number of carboxylic acids is 1. The zero-order valence-electron chi connectivity index (χ0n) is 10.0. The highest BCUT2D eigenvalue weighted by molar-refractivity contribution is 7.13. The summed E-state index contributed by atoms with van der Waals surface area (Å²) in [5.74, 6) is -0.745. The summed E-state index contributed by atoms with van der Waals surface area (Å²) in [6, 6.07) is 0. The van der Waals surface area contributed by atoms with E-state index in [0.717, 1.165) is 36.5 Å². The van der Waals surface area contributed by atoms with E-state index in [2.05, 4.69) is 10.3 Å². The van der Waals surface area contributed by atoms with Gasteiger partial charge in [-0.1, -0.05) is 26.2 Å². The summed E-state index contributed by atoms with van der Waals surface area (Å²) >= 11 is 1.50. The van der Waals surface area contributed by atoms with Crippen molar-refractivity contribution < 1.29 is 9.90 Å². The van der Waals surface area contributed by atoms with Crippen molar-refractivity contribution in [1.82, 2.24) is 4.98 Å². The second-order valence-electron chi connectivity index (χ2n) is 4.57. The molecule has 1 aromatic rings. The maximum atomic E-state index is 11.5.